The number of nitrogens with one attached hydrogen (secondary N) is 1. The van der Waals surface area contributed by atoms with Gasteiger partial charge in [0.15, 0.2) is 0 Å². The summed E-state index contributed by atoms with van der Waals surface area (Å²) < 4.78 is 36.4. The molecule has 4 heterocycles. The summed E-state index contributed by atoms with van der Waals surface area (Å²) in [6.07, 6.45) is 4.60. The predicted molar refractivity (Wildman–Crippen MR) is 171 cm³/mol. The Bertz CT molecular complexity index is 2390. The number of fused-ring (bicyclic) bond motifs is 2. The third-order valence-electron chi connectivity index (χ3n) is 7.71. The molecule has 45 heavy (non-hydrogen) atoms. The second-order valence-electron chi connectivity index (χ2n) is 10.7. The van der Waals surface area contributed by atoms with Crippen LogP contribution in [0.15, 0.2) is 96.3 Å². The number of nitrogens with zero attached hydrogens (tertiary/aromatic N) is 5. The molecular formula is C33H27N7O4S. The summed E-state index contributed by atoms with van der Waals surface area (Å²) >= 11 is 0. The van der Waals surface area contributed by atoms with Gasteiger partial charge >= 0.3 is 0 Å². The lowest BCUT2D eigenvalue weighted by molar-refractivity contribution is 0.103. The van der Waals surface area contributed by atoms with Crippen molar-refractivity contribution in [1.29, 1.82) is 0 Å². The van der Waals surface area contributed by atoms with E-state index in [-0.39, 0.29) is 22.0 Å². The Morgan fingerprint density at radius 1 is 0.911 bits per heavy atom. The number of carbonyl (C=O) groups is 1. The summed E-state index contributed by atoms with van der Waals surface area (Å²) in [4.78, 5) is 26.1. The molecule has 0 atom stereocenters. The van der Waals surface area contributed by atoms with Crippen LogP contribution in [-0.4, -0.2) is 50.0 Å². The van der Waals surface area contributed by atoms with Gasteiger partial charge in [0.05, 0.1) is 52.2 Å². The van der Waals surface area contributed by atoms with E-state index < -0.39 is 15.8 Å². The van der Waals surface area contributed by atoms with Crippen molar-refractivity contribution in [3.8, 4) is 22.6 Å². The van der Waals surface area contributed by atoms with Gasteiger partial charge in [0.1, 0.15) is 23.1 Å². The lowest BCUT2D eigenvalue weighted by Gasteiger charge is -2.13. The van der Waals surface area contributed by atoms with Crippen LogP contribution >= 0.6 is 0 Å². The van der Waals surface area contributed by atoms with Crippen molar-refractivity contribution in [2.75, 3.05) is 12.8 Å². The number of ether oxygens (including phenoxy) is 1. The monoisotopic (exact) mass is 617 g/mol. The second-order valence-corrected chi connectivity index (χ2v) is 12.5. The van der Waals surface area contributed by atoms with Crippen LogP contribution in [0.5, 0.6) is 5.75 Å². The minimum atomic E-state index is -4.24. The Morgan fingerprint density at radius 3 is 2.49 bits per heavy atom. The van der Waals surface area contributed by atoms with E-state index in [1.807, 2.05) is 32.0 Å². The van der Waals surface area contributed by atoms with Crippen LogP contribution in [0.25, 0.3) is 38.8 Å². The fourth-order valence-electron chi connectivity index (χ4n) is 5.41. The molecule has 0 aliphatic carbocycles. The third-order valence-corrected chi connectivity index (χ3v) is 9.46. The van der Waals surface area contributed by atoms with Crippen LogP contribution in [0.4, 0.5) is 5.82 Å². The van der Waals surface area contributed by atoms with Crippen molar-refractivity contribution in [1.82, 2.24) is 28.7 Å². The number of aryl methyl sites for hydroxylation is 2. The number of aromatic amines is 1. The number of aromatic nitrogens is 6. The third kappa shape index (κ3) is 4.71. The molecule has 0 aliphatic heterocycles. The number of H-pyrrole nitrogens is 1. The molecule has 0 saturated carbocycles. The molecule has 7 rings (SSSR count). The number of pyridine rings is 1. The van der Waals surface area contributed by atoms with E-state index in [0.717, 1.165) is 32.0 Å². The van der Waals surface area contributed by atoms with E-state index in [1.165, 1.54) is 23.0 Å². The van der Waals surface area contributed by atoms with Gasteiger partial charge in [-0.25, -0.2) is 22.1 Å². The summed E-state index contributed by atoms with van der Waals surface area (Å²) in [6, 6.07) is 20.7. The lowest BCUT2D eigenvalue weighted by Crippen LogP contribution is -2.19. The number of nitrogen functional groups attached to an aromatic ring is 1. The van der Waals surface area contributed by atoms with Crippen molar-refractivity contribution in [3.63, 3.8) is 0 Å². The van der Waals surface area contributed by atoms with Gasteiger partial charge in [-0.05, 0) is 67.9 Å². The smallest absolute Gasteiger partial charge is 0.268 e. The Balaban J connectivity index is 1.40. The van der Waals surface area contributed by atoms with Gasteiger partial charge in [-0.2, -0.15) is 5.10 Å². The summed E-state index contributed by atoms with van der Waals surface area (Å²) in [5.41, 5.74) is 11.3. The molecule has 0 saturated heterocycles. The highest BCUT2D eigenvalue weighted by atomic mass is 32.2. The van der Waals surface area contributed by atoms with Gasteiger partial charge in [0.25, 0.3) is 10.0 Å². The molecule has 0 bridgehead atoms. The molecule has 0 unspecified atom stereocenters. The number of anilines is 1. The fourth-order valence-corrected chi connectivity index (χ4v) is 6.91. The SMILES string of the molecule is COc1cncc(-c2ccc3cc(C(=O)c4cnn(-c5ccc6nc(C)[nH]c6c5)c4N)n(S(=O)(=O)c4ccc(C)cc4)c3c2)c1. The van der Waals surface area contributed by atoms with Crippen molar-refractivity contribution in [2.45, 2.75) is 18.7 Å². The molecule has 0 amide bonds. The van der Waals surface area contributed by atoms with E-state index in [0.29, 0.717) is 27.9 Å². The molecule has 224 valence electrons. The van der Waals surface area contributed by atoms with Gasteiger partial charge in [-0.3, -0.25) is 9.78 Å². The first-order valence-electron chi connectivity index (χ1n) is 14.0. The van der Waals surface area contributed by atoms with Gasteiger partial charge in [-0.1, -0.05) is 29.8 Å². The van der Waals surface area contributed by atoms with E-state index in [9.17, 15) is 13.2 Å². The number of hydrogen-bond donors (Lipinski definition) is 2. The first kappa shape index (κ1) is 28.0. The largest absolute Gasteiger partial charge is 0.495 e. The standard InChI is InChI=1S/C33H27N7O4S/c1-19-4-9-26(10-5-19)45(42,43)40-30-13-21(23-12-25(44-3)17-35-16-23)6-7-22(30)14-31(40)32(41)27-18-36-39(33(27)34)24-8-11-28-29(15-24)38-20(2)37-28/h4-18H,34H2,1-3H3,(H,37,38). The average Bonchev–Trinajstić information content (AvgIpc) is 3.74. The van der Waals surface area contributed by atoms with E-state index in [1.54, 1.807) is 62.0 Å². The lowest BCUT2D eigenvalue weighted by atomic mass is 10.1. The van der Waals surface area contributed by atoms with Crippen LogP contribution in [0.1, 0.15) is 27.4 Å². The average molecular weight is 618 g/mol. The Morgan fingerprint density at radius 2 is 1.71 bits per heavy atom. The van der Waals surface area contributed by atoms with Gasteiger partial charge in [0, 0.05) is 17.1 Å². The zero-order chi connectivity index (χ0) is 31.5. The Labute approximate surface area is 258 Å². The molecule has 3 aromatic carbocycles. The van der Waals surface area contributed by atoms with Gasteiger partial charge in [-0.15, -0.1) is 0 Å². The van der Waals surface area contributed by atoms with Crippen LogP contribution in [0.3, 0.4) is 0 Å². The Hall–Kier alpha value is -5.75. The number of methoxy groups -OCH3 is 1. The van der Waals surface area contributed by atoms with Crippen molar-refractivity contribution in [2.24, 2.45) is 0 Å². The van der Waals surface area contributed by atoms with Crippen molar-refractivity contribution in [3.05, 3.63) is 114 Å². The number of hydrogen-bond acceptors (Lipinski definition) is 8. The maximum atomic E-state index is 14.3. The first-order valence-corrected chi connectivity index (χ1v) is 15.4. The first-order chi connectivity index (χ1) is 21.6. The second kappa shape index (κ2) is 10.5. The summed E-state index contributed by atoms with van der Waals surface area (Å²) in [6.45, 7) is 3.73. The number of carbonyl (C=O) groups excluding carboxylic acids is 1. The van der Waals surface area contributed by atoms with Crippen LogP contribution in [0, 0.1) is 13.8 Å². The van der Waals surface area contributed by atoms with Gasteiger partial charge in [0.2, 0.25) is 5.78 Å². The van der Waals surface area contributed by atoms with E-state index in [4.69, 9.17) is 10.5 Å². The number of nitrogens with two attached hydrogens (primary N) is 1. The van der Waals surface area contributed by atoms with Crippen LogP contribution < -0.4 is 10.5 Å². The molecule has 11 nitrogen and oxygen atoms in total. The number of rotatable bonds is 7. The fraction of sp³-hybridized carbons (Fsp3) is 0.0909. The Kier molecular flexibility index (Phi) is 6.52. The van der Waals surface area contributed by atoms with Crippen LogP contribution in [-0.2, 0) is 10.0 Å². The summed E-state index contributed by atoms with van der Waals surface area (Å²) in [5, 5.41) is 4.94. The van der Waals surface area contributed by atoms with E-state index >= 15 is 0 Å². The maximum absolute atomic E-state index is 14.3. The minimum Gasteiger partial charge on any atom is -0.495 e. The molecule has 7 aromatic rings. The highest BCUT2D eigenvalue weighted by Crippen LogP contribution is 2.33. The molecule has 0 spiro atoms. The zero-order valence-electron chi connectivity index (χ0n) is 24.5. The molecule has 3 N–H and O–H groups in total. The predicted octanol–water partition coefficient (Wildman–Crippen LogP) is 5.44. The number of benzene rings is 3. The molecule has 4 aromatic heterocycles. The molecule has 12 heteroatoms. The molecule has 0 aliphatic rings. The zero-order valence-corrected chi connectivity index (χ0v) is 25.3. The highest BCUT2D eigenvalue weighted by Gasteiger charge is 2.29. The molecule has 0 fully saturated rings. The van der Waals surface area contributed by atoms with Gasteiger partial charge < -0.3 is 15.5 Å². The van der Waals surface area contributed by atoms with Crippen LogP contribution in [0.2, 0.25) is 0 Å². The number of ketones is 1. The highest BCUT2D eigenvalue weighted by molar-refractivity contribution is 7.90. The van der Waals surface area contributed by atoms with E-state index in [2.05, 4.69) is 20.1 Å². The minimum absolute atomic E-state index is 0.0416. The molecule has 0 radical (unpaired) electrons. The summed E-state index contributed by atoms with van der Waals surface area (Å²) in [7, 11) is -2.69. The maximum Gasteiger partial charge on any atom is 0.268 e. The van der Waals surface area contributed by atoms with Crippen molar-refractivity contribution < 1.29 is 17.9 Å². The quantitative estimate of drug-likeness (QED) is 0.225. The van der Waals surface area contributed by atoms with Crippen molar-refractivity contribution >= 4 is 43.6 Å². The normalized spacial score (nSPS) is 11.8. The molecular weight excluding hydrogens is 590 g/mol. The number of imidazole rings is 1. The summed E-state index contributed by atoms with van der Waals surface area (Å²) in [5.74, 6) is 0.803. The topological polar surface area (TPSA) is 151 Å².